The first-order valence-corrected chi connectivity index (χ1v) is 13.2. The molecule has 4 aromatic carbocycles. The van der Waals surface area contributed by atoms with Crippen molar-refractivity contribution in [2.45, 2.75) is 73.6 Å². The van der Waals surface area contributed by atoms with Gasteiger partial charge < -0.3 is 0 Å². The van der Waals surface area contributed by atoms with Gasteiger partial charge in [-0.15, -0.1) is 0 Å². The number of benzene rings is 4. The molecule has 0 bridgehead atoms. The molecule has 0 nitrogen and oxygen atoms in total. The molecule has 0 fully saturated rings. The average molecular weight is 459 g/mol. The van der Waals surface area contributed by atoms with Crippen molar-refractivity contribution in [1.29, 1.82) is 0 Å². The first-order valence-electron chi connectivity index (χ1n) is 13.2. The third kappa shape index (κ3) is 3.41. The molecule has 0 heterocycles. The van der Waals surface area contributed by atoms with Crippen LogP contribution < -0.4 is 0 Å². The summed E-state index contributed by atoms with van der Waals surface area (Å²) >= 11 is 0. The molecule has 4 aromatic rings. The molecular weight excluding hydrogens is 420 g/mol. The van der Waals surface area contributed by atoms with Gasteiger partial charge in [-0.25, -0.2) is 0 Å². The fraction of sp³-hybridized carbons (Fsp3) is 0.314. The van der Waals surface area contributed by atoms with Gasteiger partial charge in [0.05, 0.1) is 5.41 Å². The highest BCUT2D eigenvalue weighted by Crippen LogP contribution is 2.57. The maximum absolute atomic E-state index is 2.51. The molecule has 0 aromatic heterocycles. The van der Waals surface area contributed by atoms with E-state index in [2.05, 4.69) is 116 Å². The summed E-state index contributed by atoms with van der Waals surface area (Å²) in [6, 6.07) is 24.1. The van der Waals surface area contributed by atoms with E-state index in [1.165, 1.54) is 77.9 Å². The molecule has 0 atom stereocenters. The molecule has 1 aliphatic carbocycles. The Morgan fingerprint density at radius 2 is 0.914 bits per heavy atom. The van der Waals surface area contributed by atoms with Gasteiger partial charge in [0.15, 0.2) is 0 Å². The average Bonchev–Trinajstić information content (AvgIpc) is 3.11. The van der Waals surface area contributed by atoms with Crippen molar-refractivity contribution < 1.29 is 0 Å². The number of hydrogen-bond acceptors (Lipinski definition) is 0. The van der Waals surface area contributed by atoms with Crippen molar-refractivity contribution in [3.05, 3.63) is 127 Å². The molecule has 0 aliphatic heterocycles. The summed E-state index contributed by atoms with van der Waals surface area (Å²) in [6.45, 7) is 18.2. The zero-order chi connectivity index (χ0) is 25.1. The third-order valence-electron chi connectivity index (χ3n) is 8.63. The summed E-state index contributed by atoms with van der Waals surface area (Å²) in [5.74, 6) is 0. The smallest absolute Gasteiger partial charge is 0.0613 e. The standard InChI is InChI=1S/C35H38/c1-9-27-19-29(17-23(5)25(27)7)35(30-18-24(6)26(8)28(10-2)20-30)33-15-21(3)11-13-31(33)32-14-12-22(4)16-34(32)35/h11-20H,9-10H2,1-8H3. The van der Waals surface area contributed by atoms with Gasteiger partial charge in [-0.1, -0.05) is 85.6 Å². The van der Waals surface area contributed by atoms with Crippen LogP contribution in [0.4, 0.5) is 0 Å². The Morgan fingerprint density at radius 3 is 1.29 bits per heavy atom. The molecule has 178 valence electrons. The molecule has 0 spiro atoms. The largest absolute Gasteiger partial charge is 0.0714 e. The maximum Gasteiger partial charge on any atom is 0.0714 e. The number of fused-ring (bicyclic) bond motifs is 3. The number of aryl methyl sites for hydroxylation is 6. The van der Waals surface area contributed by atoms with Crippen LogP contribution in [0.2, 0.25) is 0 Å². The van der Waals surface area contributed by atoms with Crippen molar-refractivity contribution in [2.24, 2.45) is 0 Å². The minimum Gasteiger partial charge on any atom is -0.0613 e. The van der Waals surface area contributed by atoms with E-state index < -0.39 is 0 Å². The summed E-state index contributed by atoms with van der Waals surface area (Å²) in [5.41, 5.74) is 19.2. The fourth-order valence-corrected chi connectivity index (χ4v) is 6.37. The minimum absolute atomic E-state index is 0.326. The molecule has 0 N–H and O–H groups in total. The highest BCUT2D eigenvalue weighted by molar-refractivity contribution is 5.87. The highest BCUT2D eigenvalue weighted by atomic mass is 14.5. The predicted molar refractivity (Wildman–Crippen MR) is 151 cm³/mol. The highest BCUT2D eigenvalue weighted by Gasteiger charge is 2.46. The lowest BCUT2D eigenvalue weighted by Gasteiger charge is -2.36. The van der Waals surface area contributed by atoms with Crippen LogP contribution >= 0.6 is 0 Å². The van der Waals surface area contributed by atoms with Gasteiger partial charge in [-0.05, 0) is 121 Å². The van der Waals surface area contributed by atoms with Crippen LogP contribution in [0.25, 0.3) is 11.1 Å². The monoisotopic (exact) mass is 458 g/mol. The van der Waals surface area contributed by atoms with Gasteiger partial charge in [0, 0.05) is 0 Å². The molecular formula is C35H38. The van der Waals surface area contributed by atoms with Gasteiger partial charge >= 0.3 is 0 Å². The van der Waals surface area contributed by atoms with Crippen LogP contribution in [0.3, 0.4) is 0 Å². The Morgan fingerprint density at radius 1 is 0.514 bits per heavy atom. The van der Waals surface area contributed by atoms with E-state index in [4.69, 9.17) is 0 Å². The molecule has 0 amide bonds. The lowest BCUT2D eigenvalue weighted by Crippen LogP contribution is -2.30. The molecule has 35 heavy (non-hydrogen) atoms. The normalized spacial score (nSPS) is 13.6. The summed E-state index contributed by atoms with van der Waals surface area (Å²) < 4.78 is 0. The van der Waals surface area contributed by atoms with E-state index in [-0.39, 0.29) is 5.41 Å². The summed E-state index contributed by atoms with van der Waals surface area (Å²) in [4.78, 5) is 0. The van der Waals surface area contributed by atoms with E-state index in [0.29, 0.717) is 0 Å². The third-order valence-corrected chi connectivity index (χ3v) is 8.63. The Labute approximate surface area is 212 Å². The molecule has 0 radical (unpaired) electrons. The van der Waals surface area contributed by atoms with Crippen molar-refractivity contribution >= 4 is 0 Å². The second-order valence-corrected chi connectivity index (χ2v) is 10.7. The SMILES string of the molecule is CCc1cc(C2(c3cc(C)c(C)c(CC)c3)c3cc(C)ccc3-c3ccc(C)cc32)cc(C)c1C. The molecule has 0 heteroatoms. The van der Waals surface area contributed by atoms with Gasteiger partial charge in [0.2, 0.25) is 0 Å². The lowest BCUT2D eigenvalue weighted by atomic mass is 9.65. The topological polar surface area (TPSA) is 0 Å². The first-order chi connectivity index (χ1) is 16.7. The molecule has 0 saturated carbocycles. The van der Waals surface area contributed by atoms with E-state index in [0.717, 1.165) is 12.8 Å². The Bertz CT molecular complexity index is 1350. The van der Waals surface area contributed by atoms with Crippen LogP contribution in [0.1, 0.15) is 80.6 Å². The van der Waals surface area contributed by atoms with Crippen molar-refractivity contribution in [3.63, 3.8) is 0 Å². The molecule has 0 saturated heterocycles. The quantitative estimate of drug-likeness (QED) is 0.252. The van der Waals surface area contributed by atoms with Crippen molar-refractivity contribution in [1.82, 2.24) is 0 Å². The predicted octanol–water partition coefficient (Wildman–Crippen LogP) is 9.03. The van der Waals surface area contributed by atoms with Crippen LogP contribution in [0.15, 0.2) is 60.7 Å². The fourth-order valence-electron chi connectivity index (χ4n) is 6.37. The lowest BCUT2D eigenvalue weighted by molar-refractivity contribution is 0.757. The maximum atomic E-state index is 2.51. The second kappa shape index (κ2) is 8.52. The van der Waals surface area contributed by atoms with Crippen LogP contribution in [0, 0.1) is 41.5 Å². The van der Waals surface area contributed by atoms with Gasteiger partial charge in [-0.2, -0.15) is 0 Å². The van der Waals surface area contributed by atoms with Gasteiger partial charge in [-0.3, -0.25) is 0 Å². The molecule has 5 rings (SSSR count). The van der Waals surface area contributed by atoms with Crippen molar-refractivity contribution in [3.8, 4) is 11.1 Å². The summed E-state index contributed by atoms with van der Waals surface area (Å²) in [7, 11) is 0. The van der Waals surface area contributed by atoms with E-state index >= 15 is 0 Å². The summed E-state index contributed by atoms with van der Waals surface area (Å²) in [6.07, 6.45) is 2.09. The van der Waals surface area contributed by atoms with Crippen LogP contribution in [0.5, 0.6) is 0 Å². The minimum atomic E-state index is -0.326. The Kier molecular flexibility index (Phi) is 5.75. The number of rotatable bonds is 4. The van der Waals surface area contributed by atoms with E-state index in [1.807, 2.05) is 0 Å². The van der Waals surface area contributed by atoms with Crippen LogP contribution in [-0.2, 0) is 18.3 Å². The van der Waals surface area contributed by atoms with Gasteiger partial charge in [0.25, 0.3) is 0 Å². The second-order valence-electron chi connectivity index (χ2n) is 10.7. The molecule has 1 aliphatic rings. The van der Waals surface area contributed by atoms with Gasteiger partial charge in [0.1, 0.15) is 0 Å². The number of hydrogen-bond donors (Lipinski definition) is 0. The summed E-state index contributed by atoms with van der Waals surface area (Å²) in [5, 5.41) is 0. The van der Waals surface area contributed by atoms with E-state index in [9.17, 15) is 0 Å². The Hall–Kier alpha value is -3.12. The van der Waals surface area contributed by atoms with Crippen LogP contribution in [-0.4, -0.2) is 0 Å². The van der Waals surface area contributed by atoms with E-state index in [1.54, 1.807) is 0 Å². The van der Waals surface area contributed by atoms with Crippen molar-refractivity contribution in [2.75, 3.05) is 0 Å². The molecule has 0 unspecified atom stereocenters. The zero-order valence-electron chi connectivity index (χ0n) is 22.7. The zero-order valence-corrected chi connectivity index (χ0v) is 22.7. The Balaban J connectivity index is 2.03. The first kappa shape index (κ1) is 23.6.